The summed E-state index contributed by atoms with van der Waals surface area (Å²) in [5, 5.41) is 17.5. The summed E-state index contributed by atoms with van der Waals surface area (Å²) in [7, 11) is -2.16. The van der Waals surface area contributed by atoms with Crippen molar-refractivity contribution >= 4 is 52.5 Å². The molecule has 1 unspecified atom stereocenters. The van der Waals surface area contributed by atoms with Crippen LogP contribution in [-0.2, 0) is 39.0 Å². The molecule has 10 nitrogen and oxygen atoms in total. The Morgan fingerprint density at radius 1 is 1.18 bits per heavy atom. The fourth-order valence-electron chi connectivity index (χ4n) is 4.92. The van der Waals surface area contributed by atoms with Gasteiger partial charge in [0.25, 0.3) is 0 Å². The summed E-state index contributed by atoms with van der Waals surface area (Å²) >= 11 is 0. The van der Waals surface area contributed by atoms with Crippen molar-refractivity contribution in [2.45, 2.75) is 49.7 Å². The second kappa shape index (κ2) is 13.6. The molecule has 5 N–H and O–H groups in total. The van der Waals surface area contributed by atoms with E-state index in [4.69, 9.17) is 11.1 Å². The van der Waals surface area contributed by atoms with Crippen molar-refractivity contribution in [2.75, 3.05) is 20.1 Å². The zero-order chi connectivity index (χ0) is 27.6. The van der Waals surface area contributed by atoms with Gasteiger partial charge in [0, 0.05) is 25.2 Å². The predicted molar refractivity (Wildman–Crippen MR) is 158 cm³/mol. The van der Waals surface area contributed by atoms with Gasteiger partial charge in [0.05, 0.1) is 4.90 Å². The average Bonchev–Trinajstić information content (AvgIpc) is 2.87. The number of nitrogen functional groups attached to an aromatic ring is 1. The number of aliphatic carboxylic acids is 1. The third kappa shape index (κ3) is 7.61. The Hall–Kier alpha value is -2.96. The van der Waals surface area contributed by atoms with Crippen molar-refractivity contribution in [3.8, 4) is 0 Å². The molecule has 13 heteroatoms. The number of hydrogen-bond donors (Lipinski definition) is 4. The molecular formula is C27H35Cl2N5O5S. The number of carboxylic acid groups (broad SMARTS) is 1. The molecular weight excluding hydrogens is 577 g/mol. The molecule has 2 aliphatic rings. The second-order valence-electron chi connectivity index (χ2n) is 10.0. The molecule has 0 radical (unpaired) electrons. The minimum Gasteiger partial charge on any atom is -0.480 e. The Morgan fingerprint density at radius 2 is 1.90 bits per heavy atom. The Labute approximate surface area is 247 Å². The van der Waals surface area contributed by atoms with E-state index in [9.17, 15) is 23.1 Å². The highest BCUT2D eigenvalue weighted by atomic mass is 35.5. The Balaban J connectivity index is 0.00000280. The molecule has 4 rings (SSSR count). The molecule has 0 saturated carbocycles. The molecule has 0 bridgehead atoms. The van der Waals surface area contributed by atoms with Gasteiger partial charge in [-0.2, -0.15) is 4.72 Å². The highest BCUT2D eigenvalue weighted by Crippen LogP contribution is 2.24. The van der Waals surface area contributed by atoms with Gasteiger partial charge in [-0.3, -0.25) is 10.2 Å². The molecule has 0 spiro atoms. The number of carbonyl (C=O) groups is 2. The van der Waals surface area contributed by atoms with E-state index in [2.05, 4.69) is 9.62 Å². The van der Waals surface area contributed by atoms with Gasteiger partial charge in [0.15, 0.2) is 0 Å². The number of carbonyl (C=O) groups excluding carboxylic acids is 1. The number of amidine groups is 1. The molecule has 218 valence electrons. The minimum atomic E-state index is -4.13. The van der Waals surface area contributed by atoms with Crippen LogP contribution in [0.5, 0.6) is 0 Å². The van der Waals surface area contributed by atoms with Crippen molar-refractivity contribution in [3.63, 3.8) is 0 Å². The summed E-state index contributed by atoms with van der Waals surface area (Å²) < 4.78 is 29.7. The van der Waals surface area contributed by atoms with E-state index in [0.29, 0.717) is 17.7 Å². The van der Waals surface area contributed by atoms with E-state index in [-0.39, 0.29) is 54.9 Å². The monoisotopic (exact) mass is 611 g/mol. The molecule has 2 aromatic carbocycles. The van der Waals surface area contributed by atoms with E-state index in [1.807, 2.05) is 13.1 Å². The van der Waals surface area contributed by atoms with Crippen LogP contribution < -0.4 is 10.5 Å². The maximum atomic E-state index is 13.8. The maximum absolute atomic E-state index is 13.8. The fourth-order valence-corrected chi connectivity index (χ4v) is 6.16. The zero-order valence-corrected chi connectivity index (χ0v) is 24.7. The first kappa shape index (κ1) is 33.2. The van der Waals surface area contributed by atoms with Crippen molar-refractivity contribution in [2.24, 2.45) is 5.73 Å². The lowest BCUT2D eigenvalue weighted by Crippen LogP contribution is -2.55. The standard InChI is InChI=1S/C27H33N5O5S.2ClH/c1-17-8-11-32(24(12-17)27(34)35)26(33)23(14-18-4-3-5-20(13-18)25(28)29)30-38(36,37)22-7-6-19-9-10-31(2)16-21(19)15-22;;/h3-8,13,15,23-24,30H,9-12,14,16H2,1-2H3,(H3,28,29)(H,34,35);2*1H/t23-,24?;;/m0../s1. The molecule has 0 fully saturated rings. The zero-order valence-electron chi connectivity index (χ0n) is 22.3. The van der Waals surface area contributed by atoms with Gasteiger partial charge < -0.3 is 20.6 Å². The summed E-state index contributed by atoms with van der Waals surface area (Å²) in [5.74, 6) is -1.93. The van der Waals surface area contributed by atoms with Crippen LogP contribution in [-0.4, -0.2) is 73.3 Å². The van der Waals surface area contributed by atoms with E-state index >= 15 is 0 Å². The van der Waals surface area contributed by atoms with Crippen LogP contribution in [0, 0.1) is 5.41 Å². The predicted octanol–water partition coefficient (Wildman–Crippen LogP) is 2.32. The smallest absolute Gasteiger partial charge is 0.326 e. The normalized spacial score (nSPS) is 17.9. The third-order valence-corrected chi connectivity index (χ3v) is 8.53. The van der Waals surface area contributed by atoms with E-state index < -0.39 is 34.0 Å². The first-order valence-electron chi connectivity index (χ1n) is 12.4. The number of rotatable bonds is 8. The summed E-state index contributed by atoms with van der Waals surface area (Å²) in [6.07, 6.45) is 2.72. The van der Waals surface area contributed by atoms with Gasteiger partial charge in [0.1, 0.15) is 17.9 Å². The highest BCUT2D eigenvalue weighted by molar-refractivity contribution is 7.89. The number of carboxylic acids is 1. The molecule has 1 amide bonds. The first-order valence-corrected chi connectivity index (χ1v) is 13.9. The van der Waals surface area contributed by atoms with Crippen LogP contribution >= 0.6 is 24.8 Å². The number of nitrogens with one attached hydrogen (secondary N) is 2. The molecule has 40 heavy (non-hydrogen) atoms. The van der Waals surface area contributed by atoms with Crippen LogP contribution in [0.25, 0.3) is 0 Å². The molecule has 2 aromatic rings. The Bertz CT molecular complexity index is 1420. The second-order valence-corrected chi connectivity index (χ2v) is 11.7. The van der Waals surface area contributed by atoms with Gasteiger partial charge in [-0.15, -0.1) is 24.8 Å². The Kier molecular flexibility index (Phi) is 11.3. The van der Waals surface area contributed by atoms with Crippen LogP contribution in [0.15, 0.2) is 59.0 Å². The van der Waals surface area contributed by atoms with Gasteiger partial charge in [0.2, 0.25) is 15.9 Å². The van der Waals surface area contributed by atoms with Crippen molar-refractivity contribution in [1.29, 1.82) is 5.41 Å². The number of nitrogens with zero attached hydrogens (tertiary/aromatic N) is 2. The van der Waals surface area contributed by atoms with Crippen LogP contribution in [0.3, 0.4) is 0 Å². The van der Waals surface area contributed by atoms with Crippen LogP contribution in [0.4, 0.5) is 0 Å². The van der Waals surface area contributed by atoms with Gasteiger partial charge in [-0.05, 0) is 68.1 Å². The SMILES string of the molecule is CC1=CCN(C(=O)[C@H](Cc2cccc(C(=N)N)c2)NS(=O)(=O)c2ccc3c(c2)CN(C)CC3)C(C(=O)O)C1.Cl.Cl. The first-order chi connectivity index (χ1) is 17.9. The number of nitrogens with two attached hydrogens (primary N) is 1. The molecule has 2 aliphatic heterocycles. The molecule has 0 aliphatic carbocycles. The van der Waals surface area contributed by atoms with E-state index in [0.717, 1.165) is 29.7 Å². The van der Waals surface area contributed by atoms with Crippen molar-refractivity contribution in [3.05, 3.63) is 76.4 Å². The largest absolute Gasteiger partial charge is 0.480 e. The summed E-state index contributed by atoms with van der Waals surface area (Å²) in [4.78, 5) is 29.1. The number of hydrogen-bond acceptors (Lipinski definition) is 6. The highest BCUT2D eigenvalue weighted by Gasteiger charge is 2.37. The van der Waals surface area contributed by atoms with Crippen molar-refractivity contribution < 1.29 is 23.1 Å². The molecule has 2 atom stereocenters. The Morgan fingerprint density at radius 3 is 2.58 bits per heavy atom. The average molecular weight is 613 g/mol. The third-order valence-electron chi connectivity index (χ3n) is 7.06. The minimum absolute atomic E-state index is 0. The number of fused-ring (bicyclic) bond motifs is 1. The molecule has 0 aromatic heterocycles. The van der Waals surface area contributed by atoms with Crippen molar-refractivity contribution in [1.82, 2.24) is 14.5 Å². The quantitative estimate of drug-likeness (QED) is 0.203. The van der Waals surface area contributed by atoms with Gasteiger partial charge >= 0.3 is 5.97 Å². The number of sulfonamides is 1. The lowest BCUT2D eigenvalue weighted by Gasteiger charge is -2.34. The van der Waals surface area contributed by atoms with Gasteiger partial charge in [-0.1, -0.05) is 35.9 Å². The van der Waals surface area contributed by atoms with Crippen LogP contribution in [0.1, 0.15) is 35.6 Å². The summed E-state index contributed by atoms with van der Waals surface area (Å²) in [5.41, 5.74) is 9.51. The number of amides is 1. The van der Waals surface area contributed by atoms with E-state index in [1.165, 1.54) is 11.0 Å². The van der Waals surface area contributed by atoms with Gasteiger partial charge in [-0.25, -0.2) is 13.2 Å². The molecule has 0 saturated heterocycles. The fraction of sp³-hybridized carbons (Fsp3) is 0.370. The summed E-state index contributed by atoms with van der Waals surface area (Å²) in [6, 6.07) is 9.28. The van der Waals surface area contributed by atoms with Crippen LogP contribution in [0.2, 0.25) is 0 Å². The number of halogens is 2. The molecule has 2 heterocycles. The maximum Gasteiger partial charge on any atom is 0.326 e. The lowest BCUT2D eigenvalue weighted by molar-refractivity contribution is -0.150. The summed E-state index contributed by atoms with van der Waals surface area (Å²) in [6.45, 7) is 3.39. The topological polar surface area (TPSA) is 157 Å². The number of likely N-dealkylation sites (N-methyl/N-ethyl adjacent to an activating group) is 1. The lowest BCUT2D eigenvalue weighted by atomic mass is 9.98. The van der Waals surface area contributed by atoms with E-state index in [1.54, 1.807) is 43.3 Å². The number of benzene rings is 2.